The SMILES string of the molecule is CC1(C)C2CC3CC1CC(B1OCCO1)(C3)C2. The summed E-state index contributed by atoms with van der Waals surface area (Å²) in [6.45, 7) is 6.64. The van der Waals surface area contributed by atoms with Gasteiger partial charge in [-0.05, 0) is 55.3 Å². The summed E-state index contributed by atoms with van der Waals surface area (Å²) in [5, 5.41) is 0.391. The Labute approximate surface area is 105 Å². The minimum absolute atomic E-state index is 0.131. The van der Waals surface area contributed by atoms with Gasteiger partial charge in [0.1, 0.15) is 0 Å². The van der Waals surface area contributed by atoms with Crippen molar-refractivity contribution in [3.8, 4) is 0 Å². The van der Waals surface area contributed by atoms with Gasteiger partial charge in [-0.3, -0.25) is 0 Å². The Hall–Kier alpha value is -0.0151. The molecular formula is C14H23BO2. The molecule has 2 atom stereocenters. The maximum absolute atomic E-state index is 5.88. The largest absolute Gasteiger partial charge is 0.463 e. The van der Waals surface area contributed by atoms with E-state index in [1.807, 2.05) is 0 Å². The lowest BCUT2D eigenvalue weighted by molar-refractivity contribution is -0.0887. The molecule has 5 rings (SSSR count). The highest BCUT2D eigenvalue weighted by atomic mass is 16.6. The van der Waals surface area contributed by atoms with Gasteiger partial charge in [0, 0.05) is 5.31 Å². The van der Waals surface area contributed by atoms with Crippen molar-refractivity contribution >= 4 is 7.12 Å². The normalized spacial score (nSPS) is 51.2. The van der Waals surface area contributed by atoms with Crippen LogP contribution in [-0.4, -0.2) is 20.3 Å². The maximum atomic E-state index is 5.88. The van der Waals surface area contributed by atoms with Gasteiger partial charge >= 0.3 is 7.12 Å². The molecule has 0 aromatic rings. The van der Waals surface area contributed by atoms with E-state index in [2.05, 4.69) is 13.8 Å². The fourth-order valence-corrected chi connectivity index (χ4v) is 5.51. The highest BCUT2D eigenvalue weighted by Crippen LogP contribution is 2.70. The first-order valence-corrected chi connectivity index (χ1v) is 7.33. The van der Waals surface area contributed by atoms with Gasteiger partial charge in [0.15, 0.2) is 0 Å². The fraction of sp³-hybridized carbons (Fsp3) is 1.00. The van der Waals surface area contributed by atoms with E-state index in [4.69, 9.17) is 9.31 Å². The van der Waals surface area contributed by atoms with Crippen molar-refractivity contribution in [2.24, 2.45) is 23.2 Å². The summed E-state index contributed by atoms with van der Waals surface area (Å²) in [6.07, 6.45) is 7.03. The summed E-state index contributed by atoms with van der Waals surface area (Å²) in [7, 11) is 0.131. The van der Waals surface area contributed by atoms with E-state index in [-0.39, 0.29) is 7.12 Å². The molecule has 5 fully saturated rings. The lowest BCUT2D eigenvalue weighted by Gasteiger charge is -2.64. The van der Waals surface area contributed by atoms with Gasteiger partial charge in [-0.2, -0.15) is 0 Å². The number of hydrogen-bond donors (Lipinski definition) is 0. The molecule has 1 aliphatic heterocycles. The van der Waals surface area contributed by atoms with Crippen molar-refractivity contribution in [2.45, 2.75) is 51.3 Å². The predicted molar refractivity (Wildman–Crippen MR) is 67.7 cm³/mol. The molecule has 0 radical (unpaired) electrons. The monoisotopic (exact) mass is 234 g/mol. The van der Waals surface area contributed by atoms with Gasteiger partial charge in [-0.1, -0.05) is 13.8 Å². The van der Waals surface area contributed by atoms with Crippen LogP contribution in [0.4, 0.5) is 0 Å². The molecule has 1 heterocycles. The van der Waals surface area contributed by atoms with Crippen molar-refractivity contribution in [3.63, 3.8) is 0 Å². The van der Waals surface area contributed by atoms with Crippen molar-refractivity contribution in [1.29, 1.82) is 0 Å². The van der Waals surface area contributed by atoms with E-state index in [9.17, 15) is 0 Å². The molecule has 4 aliphatic carbocycles. The molecule has 2 unspecified atom stereocenters. The van der Waals surface area contributed by atoms with E-state index in [1.165, 1.54) is 32.1 Å². The lowest BCUT2D eigenvalue weighted by Crippen LogP contribution is -2.56. The molecule has 2 nitrogen and oxygen atoms in total. The zero-order chi connectivity index (χ0) is 11.7. The van der Waals surface area contributed by atoms with E-state index in [0.717, 1.165) is 31.0 Å². The maximum Gasteiger partial charge on any atom is 0.463 e. The average molecular weight is 234 g/mol. The highest BCUT2D eigenvalue weighted by molar-refractivity contribution is 6.49. The van der Waals surface area contributed by atoms with Crippen LogP contribution in [0.15, 0.2) is 0 Å². The van der Waals surface area contributed by atoms with Crippen LogP contribution in [0.25, 0.3) is 0 Å². The zero-order valence-electron chi connectivity index (χ0n) is 11.1. The van der Waals surface area contributed by atoms with Crippen molar-refractivity contribution in [3.05, 3.63) is 0 Å². The van der Waals surface area contributed by atoms with Crippen molar-refractivity contribution < 1.29 is 9.31 Å². The van der Waals surface area contributed by atoms with Crippen molar-refractivity contribution in [2.75, 3.05) is 13.2 Å². The summed E-state index contributed by atoms with van der Waals surface area (Å²) in [4.78, 5) is 0. The standard InChI is InChI=1S/C14H23BO2/c1-13(2)11-5-10-6-12(13)9-14(7-10,8-11)15-16-3-4-17-15/h10-12H,3-9H2,1-2H3. The zero-order valence-corrected chi connectivity index (χ0v) is 11.1. The average Bonchev–Trinajstić information content (AvgIpc) is 2.79. The van der Waals surface area contributed by atoms with Crippen LogP contribution in [0.3, 0.4) is 0 Å². The third-order valence-corrected chi connectivity index (χ3v) is 6.46. The quantitative estimate of drug-likeness (QED) is 0.649. The molecule has 4 bridgehead atoms. The Bertz CT molecular complexity index is 317. The molecule has 0 N–H and O–H groups in total. The van der Waals surface area contributed by atoms with Crippen LogP contribution in [0.5, 0.6) is 0 Å². The molecule has 94 valence electrons. The Morgan fingerprint density at radius 1 is 0.941 bits per heavy atom. The number of hydrogen-bond acceptors (Lipinski definition) is 2. The Balaban J connectivity index is 1.68. The smallest absolute Gasteiger partial charge is 0.408 e. The minimum atomic E-state index is 0.131. The van der Waals surface area contributed by atoms with E-state index in [1.54, 1.807) is 0 Å². The van der Waals surface area contributed by atoms with Crippen LogP contribution in [0.2, 0.25) is 5.31 Å². The molecular weight excluding hydrogens is 211 g/mol. The first-order chi connectivity index (χ1) is 8.10. The third kappa shape index (κ3) is 1.36. The van der Waals surface area contributed by atoms with E-state index < -0.39 is 0 Å². The Morgan fingerprint density at radius 2 is 1.53 bits per heavy atom. The molecule has 0 aromatic carbocycles. The van der Waals surface area contributed by atoms with Crippen LogP contribution >= 0.6 is 0 Å². The van der Waals surface area contributed by atoms with Crippen LogP contribution in [0.1, 0.15) is 46.0 Å². The van der Waals surface area contributed by atoms with E-state index in [0.29, 0.717) is 10.7 Å². The highest BCUT2D eigenvalue weighted by Gasteiger charge is 2.63. The van der Waals surface area contributed by atoms with Gasteiger partial charge in [-0.25, -0.2) is 0 Å². The third-order valence-electron chi connectivity index (χ3n) is 6.46. The fourth-order valence-electron chi connectivity index (χ4n) is 5.51. The first-order valence-electron chi connectivity index (χ1n) is 7.33. The summed E-state index contributed by atoms with van der Waals surface area (Å²) >= 11 is 0. The van der Waals surface area contributed by atoms with E-state index >= 15 is 0 Å². The summed E-state index contributed by atoms with van der Waals surface area (Å²) in [6, 6.07) is 0. The predicted octanol–water partition coefficient (Wildman–Crippen LogP) is 3.13. The molecule has 3 heteroatoms. The van der Waals surface area contributed by atoms with Crippen LogP contribution in [-0.2, 0) is 9.31 Å². The molecule has 4 saturated carbocycles. The molecule has 1 saturated heterocycles. The van der Waals surface area contributed by atoms with Crippen molar-refractivity contribution in [1.82, 2.24) is 0 Å². The van der Waals surface area contributed by atoms with Gasteiger partial charge in [0.05, 0.1) is 13.2 Å². The molecule has 0 amide bonds. The Kier molecular flexibility index (Phi) is 2.11. The second-order valence-corrected chi connectivity index (χ2v) is 7.60. The Morgan fingerprint density at radius 3 is 2.12 bits per heavy atom. The second-order valence-electron chi connectivity index (χ2n) is 7.60. The van der Waals surface area contributed by atoms with Gasteiger partial charge in [0.2, 0.25) is 0 Å². The van der Waals surface area contributed by atoms with Crippen LogP contribution < -0.4 is 0 Å². The topological polar surface area (TPSA) is 18.5 Å². The summed E-state index contributed by atoms with van der Waals surface area (Å²) < 4.78 is 11.8. The summed E-state index contributed by atoms with van der Waals surface area (Å²) in [5.41, 5.74) is 0.568. The summed E-state index contributed by atoms with van der Waals surface area (Å²) in [5.74, 6) is 2.80. The van der Waals surface area contributed by atoms with Crippen LogP contribution in [0, 0.1) is 23.2 Å². The molecule has 5 aliphatic rings. The molecule has 0 aromatic heterocycles. The van der Waals surface area contributed by atoms with Gasteiger partial charge < -0.3 is 9.31 Å². The number of rotatable bonds is 1. The first kappa shape index (κ1) is 10.9. The second kappa shape index (κ2) is 3.30. The van der Waals surface area contributed by atoms with Gasteiger partial charge in [-0.15, -0.1) is 0 Å². The van der Waals surface area contributed by atoms with Gasteiger partial charge in [0.25, 0.3) is 0 Å². The lowest BCUT2D eigenvalue weighted by atomic mass is 9.34. The minimum Gasteiger partial charge on any atom is -0.408 e. The molecule has 17 heavy (non-hydrogen) atoms. The molecule has 0 spiro atoms.